The number of hydrogen-bond acceptors (Lipinski definition) is 14. The van der Waals surface area contributed by atoms with Crippen LogP contribution < -0.4 is 18.9 Å². The van der Waals surface area contributed by atoms with Crippen molar-refractivity contribution >= 4 is 17.3 Å². The topological polar surface area (TPSA) is 161 Å². The number of carbonyl (C=O) groups is 1. The lowest BCUT2D eigenvalue weighted by molar-refractivity contribution is -0.368. The van der Waals surface area contributed by atoms with Gasteiger partial charge in [-0.25, -0.2) is 0 Å². The molecule has 4 aliphatic heterocycles. The van der Waals surface area contributed by atoms with Gasteiger partial charge in [0.1, 0.15) is 24.4 Å². The first kappa shape index (κ1) is 29.8. The van der Waals surface area contributed by atoms with Crippen molar-refractivity contribution in [2.45, 2.75) is 49.0 Å². The molecule has 8 rings (SSSR count). The zero-order valence-electron chi connectivity index (χ0n) is 24.8. The van der Waals surface area contributed by atoms with Crippen molar-refractivity contribution in [2.24, 2.45) is 11.8 Å². The van der Waals surface area contributed by atoms with Gasteiger partial charge in [0.2, 0.25) is 12.5 Å². The van der Waals surface area contributed by atoms with E-state index < -0.39 is 66.8 Å². The van der Waals surface area contributed by atoms with Gasteiger partial charge < -0.3 is 58.0 Å². The first-order chi connectivity index (χ1) is 22.4. The molecule has 0 saturated carbocycles. The molecule has 0 bridgehead atoms. The number of cyclic esters (lactones) is 1. The lowest BCUT2D eigenvalue weighted by Gasteiger charge is -2.48. The van der Waals surface area contributed by atoms with Crippen LogP contribution in [-0.2, 0) is 28.5 Å². The van der Waals surface area contributed by atoms with Crippen LogP contribution in [0, 0.1) is 11.8 Å². The molecule has 46 heavy (non-hydrogen) atoms. The summed E-state index contributed by atoms with van der Waals surface area (Å²) in [6.07, 6.45) is -7.16. The fourth-order valence-corrected chi connectivity index (χ4v) is 7.89. The summed E-state index contributed by atoms with van der Waals surface area (Å²) in [4.78, 5) is 14.3. The molecular formula is C32H32O13S. The van der Waals surface area contributed by atoms with E-state index in [4.69, 9.17) is 42.6 Å². The first-order valence-corrected chi connectivity index (χ1v) is 15.8. The molecule has 0 spiro atoms. The Balaban J connectivity index is 1.16. The summed E-state index contributed by atoms with van der Waals surface area (Å²) in [5.41, 5.74) is 2.00. The number of aromatic hydroxyl groups is 1. The number of aliphatic hydroxyl groups is 2. The van der Waals surface area contributed by atoms with E-state index in [1.165, 1.54) is 25.6 Å². The van der Waals surface area contributed by atoms with Gasteiger partial charge in [0.05, 0.1) is 44.3 Å². The molecule has 2 aromatic carbocycles. The summed E-state index contributed by atoms with van der Waals surface area (Å²) >= 11 is 1.46. The van der Waals surface area contributed by atoms with E-state index in [9.17, 15) is 20.1 Å². The number of aliphatic hydroxyl groups excluding tert-OH is 2. The molecule has 1 aromatic heterocycles. The van der Waals surface area contributed by atoms with E-state index in [1.807, 2.05) is 23.6 Å². The molecular weight excluding hydrogens is 624 g/mol. The van der Waals surface area contributed by atoms with Gasteiger partial charge in [-0.05, 0) is 52.4 Å². The number of carbonyl (C=O) groups excluding carboxylic acids is 1. The predicted molar refractivity (Wildman–Crippen MR) is 156 cm³/mol. The number of benzene rings is 2. The second-order valence-electron chi connectivity index (χ2n) is 11.8. The number of ether oxygens (including phenoxy) is 9. The molecule has 13 nitrogen and oxygen atoms in total. The minimum absolute atomic E-state index is 0.0242. The molecule has 1 aliphatic carbocycles. The van der Waals surface area contributed by atoms with Gasteiger partial charge in [-0.2, -0.15) is 0 Å². The smallest absolute Gasteiger partial charge is 0.310 e. The number of phenols is 1. The molecule has 3 aromatic rings. The fourth-order valence-electron chi connectivity index (χ4n) is 7.18. The highest BCUT2D eigenvalue weighted by molar-refractivity contribution is 7.10. The highest BCUT2D eigenvalue weighted by Crippen LogP contribution is 2.57. The van der Waals surface area contributed by atoms with Crippen LogP contribution in [0.2, 0.25) is 0 Å². The second-order valence-corrected chi connectivity index (χ2v) is 12.7. The van der Waals surface area contributed by atoms with Gasteiger partial charge in [0.25, 0.3) is 0 Å². The number of esters is 1. The molecule has 5 aliphatic rings. The van der Waals surface area contributed by atoms with E-state index in [0.29, 0.717) is 28.2 Å². The normalized spacial score (nSPS) is 34.3. The Labute approximate surface area is 267 Å². The minimum atomic E-state index is -1.47. The Morgan fingerprint density at radius 3 is 2.35 bits per heavy atom. The zero-order valence-corrected chi connectivity index (χ0v) is 25.6. The van der Waals surface area contributed by atoms with Crippen LogP contribution in [-0.4, -0.2) is 86.2 Å². The summed E-state index contributed by atoms with van der Waals surface area (Å²) in [6.45, 7) is 0.171. The van der Waals surface area contributed by atoms with E-state index in [2.05, 4.69) is 0 Å². The molecule has 0 amide bonds. The van der Waals surface area contributed by atoms with E-state index in [0.717, 1.165) is 4.88 Å². The summed E-state index contributed by atoms with van der Waals surface area (Å²) in [5.74, 6) is -1.08. The van der Waals surface area contributed by atoms with Crippen molar-refractivity contribution in [1.29, 1.82) is 0 Å². The molecule has 3 saturated heterocycles. The molecule has 10 atom stereocenters. The lowest BCUT2D eigenvalue weighted by atomic mass is 9.66. The monoisotopic (exact) mass is 656 g/mol. The van der Waals surface area contributed by atoms with Crippen molar-refractivity contribution in [3.05, 3.63) is 63.3 Å². The summed E-state index contributed by atoms with van der Waals surface area (Å²) in [6, 6.07) is 10.7. The van der Waals surface area contributed by atoms with E-state index >= 15 is 0 Å². The van der Waals surface area contributed by atoms with Crippen molar-refractivity contribution in [3.8, 4) is 28.7 Å². The van der Waals surface area contributed by atoms with Gasteiger partial charge in [-0.3, -0.25) is 4.79 Å². The Morgan fingerprint density at radius 2 is 1.65 bits per heavy atom. The van der Waals surface area contributed by atoms with Crippen molar-refractivity contribution in [2.75, 3.05) is 34.2 Å². The van der Waals surface area contributed by atoms with E-state index in [-0.39, 0.29) is 37.3 Å². The summed E-state index contributed by atoms with van der Waals surface area (Å²) < 4.78 is 52.6. The van der Waals surface area contributed by atoms with Crippen LogP contribution in [0.4, 0.5) is 0 Å². The standard InChI is InChI=1S/C32H32O13S/c1-37-19-6-13(7-20(38-2)25(19)33)23-14-8-17-18(42-12-41-17)9-15(14)28(16-10-39-30(36)24(16)23)44-32-27(35)26(34)29-21(43-32)11-40-31(45-29)22-4-3-5-46-22/h3-9,16,21,23-24,26-29,31-35H,10-12H2,1-2H3/t16-,21?,23+,24-,26?,27?,28?,29?,31?,32?/m0/s1. The average molecular weight is 657 g/mol. The van der Waals surface area contributed by atoms with Crippen molar-refractivity contribution in [3.63, 3.8) is 0 Å². The Hall–Kier alpha value is -3.63. The predicted octanol–water partition coefficient (Wildman–Crippen LogP) is 2.75. The minimum Gasteiger partial charge on any atom is -0.502 e. The third-order valence-electron chi connectivity index (χ3n) is 9.37. The number of fused-ring (bicyclic) bond motifs is 4. The van der Waals surface area contributed by atoms with Gasteiger partial charge >= 0.3 is 5.97 Å². The average Bonchev–Trinajstić information content (AvgIpc) is 3.85. The molecule has 5 heterocycles. The van der Waals surface area contributed by atoms with Crippen LogP contribution in [0.15, 0.2) is 41.8 Å². The highest BCUT2D eigenvalue weighted by Gasteiger charge is 2.56. The Kier molecular flexibility index (Phi) is 7.48. The van der Waals surface area contributed by atoms with E-state index in [1.54, 1.807) is 18.2 Å². The van der Waals surface area contributed by atoms with Crippen LogP contribution >= 0.6 is 11.3 Å². The summed E-state index contributed by atoms with van der Waals surface area (Å²) in [7, 11) is 2.86. The van der Waals surface area contributed by atoms with Gasteiger partial charge in [0, 0.05) is 11.8 Å². The van der Waals surface area contributed by atoms with Gasteiger partial charge in [0.15, 0.2) is 35.6 Å². The second kappa shape index (κ2) is 11.6. The largest absolute Gasteiger partial charge is 0.502 e. The molecule has 7 unspecified atom stereocenters. The molecule has 3 fully saturated rings. The summed E-state index contributed by atoms with van der Waals surface area (Å²) in [5, 5.41) is 35.0. The quantitative estimate of drug-likeness (QED) is 0.333. The number of phenolic OH excluding ortho intramolecular Hbond substituents is 1. The lowest BCUT2D eigenvalue weighted by Crippen LogP contribution is -2.62. The van der Waals surface area contributed by atoms with Gasteiger partial charge in [-0.1, -0.05) is 6.07 Å². The molecule has 0 radical (unpaired) electrons. The maximum Gasteiger partial charge on any atom is 0.310 e. The molecule has 244 valence electrons. The van der Waals surface area contributed by atoms with Crippen molar-refractivity contribution < 1.29 is 62.7 Å². The number of methoxy groups -OCH3 is 2. The number of thiophene rings is 1. The third kappa shape index (κ3) is 4.70. The maximum atomic E-state index is 13.5. The van der Waals surface area contributed by atoms with Crippen molar-refractivity contribution in [1.82, 2.24) is 0 Å². The number of rotatable bonds is 6. The van der Waals surface area contributed by atoms with Crippen LogP contribution in [0.1, 0.15) is 39.9 Å². The SMILES string of the molecule is COc1cc([C@@H]2c3cc4c(cc3C(OC3OC5COC(c6cccs6)OC5C(O)C3O)[C@H]3COC(=O)[C@H]23)OCO4)cc(OC)c1O. The third-order valence-corrected chi connectivity index (χ3v) is 10.3. The first-order valence-electron chi connectivity index (χ1n) is 14.9. The maximum absolute atomic E-state index is 13.5. The van der Waals surface area contributed by atoms with Crippen LogP contribution in [0.25, 0.3) is 0 Å². The fraction of sp³-hybridized carbons (Fsp3) is 0.469. The number of hydrogen-bond donors (Lipinski definition) is 3. The Morgan fingerprint density at radius 1 is 0.913 bits per heavy atom. The zero-order chi connectivity index (χ0) is 31.7. The highest BCUT2D eigenvalue weighted by atomic mass is 32.1. The van der Waals surface area contributed by atoms with Crippen LogP contribution in [0.3, 0.4) is 0 Å². The molecule has 3 N–H and O–H groups in total. The van der Waals surface area contributed by atoms with Gasteiger partial charge in [-0.15, -0.1) is 11.3 Å². The van der Waals surface area contributed by atoms with Crippen LogP contribution in [0.5, 0.6) is 28.7 Å². The molecule has 14 heteroatoms. The Bertz CT molecular complexity index is 1600.